The van der Waals surface area contributed by atoms with Crippen LogP contribution in [-0.4, -0.2) is 53.1 Å². The van der Waals surface area contributed by atoms with Gasteiger partial charge in [-0.05, 0) is 43.4 Å². The Hall–Kier alpha value is -2.47. The maximum atomic E-state index is 13.0. The molecular weight excluding hydrogens is 293 g/mol. The monoisotopic (exact) mass is 311 g/mol. The van der Waals surface area contributed by atoms with Crippen molar-refractivity contribution >= 4 is 17.0 Å². The topological polar surface area (TPSA) is 48.0 Å². The summed E-state index contributed by atoms with van der Waals surface area (Å²) in [5.74, 6) is 1.43. The average Bonchev–Trinajstić information content (AvgIpc) is 2.99. The van der Waals surface area contributed by atoms with Gasteiger partial charge in [0, 0.05) is 31.7 Å². The molecule has 1 aromatic carbocycles. The summed E-state index contributed by atoms with van der Waals surface area (Å²) in [5.41, 5.74) is 2.44. The maximum Gasteiger partial charge on any atom is 0.160 e. The molecule has 3 aromatic rings. The molecule has 23 heavy (non-hydrogen) atoms. The molecule has 6 heteroatoms. The third kappa shape index (κ3) is 2.77. The van der Waals surface area contributed by atoms with Crippen LogP contribution >= 0.6 is 0 Å². The van der Waals surface area contributed by atoms with E-state index in [1.54, 1.807) is 12.1 Å². The molecule has 2 aromatic heterocycles. The number of nitrogens with zero attached hydrogens (tertiary/aromatic N) is 4. The van der Waals surface area contributed by atoms with E-state index < -0.39 is 0 Å². The van der Waals surface area contributed by atoms with Gasteiger partial charge in [0.05, 0.1) is 0 Å². The summed E-state index contributed by atoms with van der Waals surface area (Å²) in [6, 6.07) is 10.3. The number of imidazole rings is 1. The molecule has 0 atom stereocenters. The Morgan fingerprint density at radius 3 is 2.43 bits per heavy atom. The molecule has 0 amide bonds. The van der Waals surface area contributed by atoms with Crippen LogP contribution in [0, 0.1) is 5.82 Å². The third-order valence-corrected chi connectivity index (χ3v) is 4.27. The Labute approximate surface area is 133 Å². The zero-order chi connectivity index (χ0) is 15.8. The lowest BCUT2D eigenvalue weighted by Gasteiger charge is -2.33. The normalized spacial score (nSPS) is 16.2. The van der Waals surface area contributed by atoms with Crippen LogP contribution in [0.5, 0.6) is 0 Å². The summed E-state index contributed by atoms with van der Waals surface area (Å²) >= 11 is 0. The number of pyridine rings is 1. The van der Waals surface area contributed by atoms with Crippen molar-refractivity contribution in [3.8, 4) is 11.4 Å². The van der Waals surface area contributed by atoms with Crippen LogP contribution in [0.1, 0.15) is 0 Å². The van der Waals surface area contributed by atoms with Crippen LogP contribution in [0.2, 0.25) is 0 Å². The van der Waals surface area contributed by atoms with Gasteiger partial charge in [0.15, 0.2) is 5.65 Å². The van der Waals surface area contributed by atoms with E-state index in [2.05, 4.69) is 26.8 Å². The molecule has 5 nitrogen and oxygen atoms in total. The van der Waals surface area contributed by atoms with Crippen molar-refractivity contribution in [3.05, 3.63) is 42.2 Å². The van der Waals surface area contributed by atoms with E-state index in [0.29, 0.717) is 5.82 Å². The van der Waals surface area contributed by atoms with Crippen molar-refractivity contribution in [1.29, 1.82) is 0 Å². The number of likely N-dealkylation sites (N-methyl/N-ethyl adjacent to an activating group) is 1. The maximum absolute atomic E-state index is 13.0. The molecule has 0 aliphatic carbocycles. The minimum Gasteiger partial charge on any atom is -0.354 e. The quantitative estimate of drug-likeness (QED) is 0.790. The molecule has 1 saturated heterocycles. The summed E-state index contributed by atoms with van der Waals surface area (Å²) in [6.07, 6.45) is 0. The van der Waals surface area contributed by atoms with Crippen LogP contribution in [0.4, 0.5) is 10.2 Å². The first-order valence-corrected chi connectivity index (χ1v) is 7.75. The summed E-state index contributed by atoms with van der Waals surface area (Å²) in [5, 5.41) is 0. The number of aromatic nitrogens is 3. The van der Waals surface area contributed by atoms with Crippen molar-refractivity contribution in [2.75, 3.05) is 38.1 Å². The first kappa shape index (κ1) is 14.1. The van der Waals surface area contributed by atoms with Crippen LogP contribution in [0.15, 0.2) is 36.4 Å². The van der Waals surface area contributed by atoms with Crippen molar-refractivity contribution < 1.29 is 4.39 Å². The molecule has 0 bridgehead atoms. The number of rotatable bonds is 2. The number of hydrogen-bond donors (Lipinski definition) is 1. The molecule has 0 unspecified atom stereocenters. The Morgan fingerprint density at radius 1 is 0.957 bits per heavy atom. The van der Waals surface area contributed by atoms with E-state index in [9.17, 15) is 4.39 Å². The summed E-state index contributed by atoms with van der Waals surface area (Å²) in [4.78, 5) is 17.1. The number of nitrogens with one attached hydrogen (secondary N) is 1. The van der Waals surface area contributed by atoms with Gasteiger partial charge in [-0.25, -0.2) is 14.4 Å². The highest BCUT2D eigenvalue weighted by atomic mass is 19.1. The van der Waals surface area contributed by atoms with Crippen molar-refractivity contribution in [2.45, 2.75) is 0 Å². The molecule has 1 N–H and O–H groups in total. The molecule has 1 aliphatic rings. The fraction of sp³-hybridized carbons (Fsp3) is 0.294. The van der Waals surface area contributed by atoms with Gasteiger partial charge in [0.1, 0.15) is 23.0 Å². The first-order valence-electron chi connectivity index (χ1n) is 7.75. The molecule has 1 fully saturated rings. The van der Waals surface area contributed by atoms with E-state index in [1.807, 2.05) is 12.1 Å². The van der Waals surface area contributed by atoms with Gasteiger partial charge in [0.25, 0.3) is 0 Å². The number of fused-ring (bicyclic) bond motifs is 1. The number of H-pyrrole nitrogens is 1. The molecule has 3 heterocycles. The zero-order valence-corrected chi connectivity index (χ0v) is 13.0. The van der Waals surface area contributed by atoms with Crippen LogP contribution in [0.3, 0.4) is 0 Å². The fourth-order valence-electron chi connectivity index (χ4n) is 2.84. The number of aromatic amines is 1. The SMILES string of the molecule is CN1CCN(c2ccc3nc(-c4ccc(F)cc4)[nH]c3n2)CC1. The molecule has 0 radical (unpaired) electrons. The molecule has 4 rings (SSSR count). The number of hydrogen-bond acceptors (Lipinski definition) is 4. The van der Waals surface area contributed by atoms with Crippen LogP contribution in [0.25, 0.3) is 22.6 Å². The Kier molecular flexibility index (Phi) is 3.46. The summed E-state index contributed by atoms with van der Waals surface area (Å²) < 4.78 is 13.0. The Morgan fingerprint density at radius 2 is 1.70 bits per heavy atom. The fourth-order valence-corrected chi connectivity index (χ4v) is 2.84. The predicted molar refractivity (Wildman–Crippen MR) is 89.0 cm³/mol. The standard InChI is InChI=1S/C17H18FN5/c1-22-8-10-23(11-9-22)15-7-6-14-17(20-15)21-16(19-14)12-2-4-13(18)5-3-12/h2-7H,8-11H2,1H3,(H,19,20,21). The predicted octanol–water partition coefficient (Wildman–Crippen LogP) is 2.52. The largest absolute Gasteiger partial charge is 0.354 e. The summed E-state index contributed by atoms with van der Waals surface area (Å²) in [7, 11) is 2.14. The molecule has 0 saturated carbocycles. The van der Waals surface area contributed by atoms with Gasteiger partial charge in [-0.2, -0.15) is 0 Å². The highest BCUT2D eigenvalue weighted by Crippen LogP contribution is 2.22. The second-order valence-electron chi connectivity index (χ2n) is 5.92. The first-order chi connectivity index (χ1) is 11.2. The molecule has 0 spiro atoms. The van der Waals surface area contributed by atoms with Crippen molar-refractivity contribution in [2.24, 2.45) is 0 Å². The minimum absolute atomic E-state index is 0.250. The average molecular weight is 311 g/mol. The zero-order valence-electron chi connectivity index (χ0n) is 13.0. The third-order valence-electron chi connectivity index (χ3n) is 4.27. The molecule has 118 valence electrons. The highest BCUT2D eigenvalue weighted by molar-refractivity contribution is 5.77. The summed E-state index contributed by atoms with van der Waals surface area (Å²) in [6.45, 7) is 4.05. The van der Waals surface area contributed by atoms with Gasteiger partial charge in [0.2, 0.25) is 0 Å². The van der Waals surface area contributed by atoms with Gasteiger partial charge in [-0.1, -0.05) is 0 Å². The van der Waals surface area contributed by atoms with E-state index in [4.69, 9.17) is 4.98 Å². The van der Waals surface area contributed by atoms with Gasteiger partial charge >= 0.3 is 0 Å². The van der Waals surface area contributed by atoms with E-state index in [-0.39, 0.29) is 5.82 Å². The number of anilines is 1. The van der Waals surface area contributed by atoms with Crippen molar-refractivity contribution in [1.82, 2.24) is 19.9 Å². The number of halogens is 1. The molecular formula is C17H18FN5. The van der Waals surface area contributed by atoms with E-state index in [0.717, 1.165) is 48.7 Å². The molecule has 1 aliphatic heterocycles. The lowest BCUT2D eigenvalue weighted by Crippen LogP contribution is -2.44. The second-order valence-corrected chi connectivity index (χ2v) is 5.92. The smallest absolute Gasteiger partial charge is 0.160 e. The second kappa shape index (κ2) is 5.62. The van der Waals surface area contributed by atoms with E-state index >= 15 is 0 Å². The lowest BCUT2D eigenvalue weighted by atomic mass is 10.2. The van der Waals surface area contributed by atoms with E-state index in [1.165, 1.54) is 12.1 Å². The van der Waals surface area contributed by atoms with Gasteiger partial charge < -0.3 is 14.8 Å². The Bertz CT molecular complexity index is 819. The van der Waals surface area contributed by atoms with Crippen LogP contribution in [-0.2, 0) is 0 Å². The number of piperazine rings is 1. The Balaban J connectivity index is 1.65. The highest BCUT2D eigenvalue weighted by Gasteiger charge is 2.16. The van der Waals surface area contributed by atoms with Crippen LogP contribution < -0.4 is 4.90 Å². The van der Waals surface area contributed by atoms with Gasteiger partial charge in [-0.3, -0.25) is 0 Å². The van der Waals surface area contributed by atoms with Gasteiger partial charge in [-0.15, -0.1) is 0 Å². The van der Waals surface area contributed by atoms with Crippen molar-refractivity contribution in [3.63, 3.8) is 0 Å². The minimum atomic E-state index is -0.250. The lowest BCUT2D eigenvalue weighted by molar-refractivity contribution is 0.312. The number of benzene rings is 1.